The highest BCUT2D eigenvalue weighted by Crippen LogP contribution is 2.51. The Bertz CT molecular complexity index is 2310. The molecule has 0 aromatic heterocycles. The second kappa shape index (κ2) is 18.3. The summed E-state index contributed by atoms with van der Waals surface area (Å²) in [5.41, 5.74) is 4.37. The molecule has 7 heterocycles. The summed E-state index contributed by atoms with van der Waals surface area (Å²) in [6.07, 6.45) is 1.16. The highest BCUT2D eigenvalue weighted by atomic mass is 32.2. The molecule has 0 saturated carbocycles. The normalized spacial score (nSPS) is 22.0. The first-order valence-electron chi connectivity index (χ1n) is 22.1. The summed E-state index contributed by atoms with van der Waals surface area (Å²) < 4.78 is 44.3. The SMILES string of the molecule is Cc1ccc2c(c1)N(CC(O)CN1CCC3(CCNC3=O)CC1)c1ccccc1S2.FC(F)(F)c1ccc2c(c1)N(CC1CO1)c1ccccc1S2.O=C1NCCC12CCNCC2. The standard InChI is InChI=1S/C24H29N3O2S.C16H12F3NOS.C8H14N2O/c1-17-6-7-22-20(14-17)27(19-4-2-3-5-21(19)30-22)16-18(28)15-26-12-9-24(10-13-26)8-11-25-23(24)29;17-16(18,19)10-5-6-15-13(7-10)20(8-11-9-21-11)12-3-1-2-4-14(12)22-15;11-7-8(3-6-10-7)1-4-9-5-2-8/h2-7,14,18,28H,8-13,15-16H2,1H3,(H,25,29);1-7,11H,8-9H2;9H,1-6H2,(H,10,11). The first kappa shape index (κ1) is 44.0. The fourth-order valence-electron chi connectivity index (χ4n) is 9.74. The number of piperidine rings is 2. The number of anilines is 4. The number of epoxide rings is 1. The van der Waals surface area contributed by atoms with Crippen molar-refractivity contribution < 1.29 is 32.6 Å². The number of ether oxygens (including phenoxy) is 1. The number of para-hydroxylation sites is 2. The molecule has 2 amide bonds. The van der Waals surface area contributed by atoms with E-state index in [0.29, 0.717) is 37.8 Å². The van der Waals surface area contributed by atoms with Crippen LogP contribution in [0.25, 0.3) is 0 Å². The van der Waals surface area contributed by atoms with Crippen LogP contribution in [0.15, 0.2) is 105 Å². The molecular formula is C48H55F3N6O4S2. The lowest BCUT2D eigenvalue weighted by Crippen LogP contribution is -2.47. The van der Waals surface area contributed by atoms with Crippen LogP contribution in [0.5, 0.6) is 0 Å². The van der Waals surface area contributed by atoms with E-state index in [2.05, 4.69) is 75.1 Å². The highest BCUT2D eigenvalue weighted by Gasteiger charge is 2.45. The number of amides is 2. The van der Waals surface area contributed by atoms with E-state index in [4.69, 9.17) is 4.74 Å². The van der Waals surface area contributed by atoms with Gasteiger partial charge >= 0.3 is 6.18 Å². The number of β-amino-alcohol motifs (C(OH)–C–C–N with tert-alkyl or cyclic N) is 1. The van der Waals surface area contributed by atoms with E-state index in [0.717, 1.165) is 99.3 Å². The van der Waals surface area contributed by atoms with Gasteiger partial charge in [0.1, 0.15) is 0 Å². The van der Waals surface area contributed by atoms with Crippen LogP contribution in [-0.2, 0) is 20.5 Å². The molecule has 0 radical (unpaired) electrons. The van der Waals surface area contributed by atoms with Crippen molar-refractivity contribution in [2.45, 2.75) is 83.4 Å². The molecule has 4 aromatic rings. The summed E-state index contributed by atoms with van der Waals surface area (Å²) in [7, 11) is 0. The fourth-order valence-corrected chi connectivity index (χ4v) is 11.9. The van der Waals surface area contributed by atoms with Crippen molar-refractivity contribution in [2.75, 3.05) is 75.3 Å². The Morgan fingerprint density at radius 2 is 1.22 bits per heavy atom. The minimum atomic E-state index is -4.33. The van der Waals surface area contributed by atoms with Crippen molar-refractivity contribution >= 4 is 58.1 Å². The number of nitrogens with one attached hydrogen (secondary N) is 3. The first-order chi connectivity index (χ1) is 30.4. The van der Waals surface area contributed by atoms with Gasteiger partial charge < -0.3 is 40.5 Å². The van der Waals surface area contributed by atoms with Crippen molar-refractivity contribution in [3.05, 3.63) is 96.1 Å². The Kier molecular flexibility index (Phi) is 12.8. The maximum Gasteiger partial charge on any atom is 0.416 e. The Morgan fingerprint density at radius 3 is 1.79 bits per heavy atom. The van der Waals surface area contributed by atoms with Crippen LogP contribution in [0.1, 0.15) is 49.7 Å². The quantitative estimate of drug-likeness (QED) is 0.142. The lowest BCUT2D eigenvalue weighted by molar-refractivity contribution is -0.137. The molecule has 63 heavy (non-hydrogen) atoms. The number of aryl methyl sites for hydroxylation is 1. The summed E-state index contributed by atoms with van der Waals surface area (Å²) >= 11 is 3.30. The lowest BCUT2D eigenvalue weighted by Gasteiger charge is -2.39. The van der Waals surface area contributed by atoms with Crippen LogP contribution in [-0.4, -0.2) is 99.5 Å². The molecule has 0 bridgehead atoms. The number of rotatable bonds is 6. The zero-order valence-electron chi connectivity index (χ0n) is 35.5. The third kappa shape index (κ3) is 9.60. The number of fused-ring (bicyclic) bond motifs is 4. The van der Waals surface area contributed by atoms with E-state index >= 15 is 0 Å². The van der Waals surface area contributed by atoms with E-state index in [-0.39, 0.29) is 22.8 Å². The number of likely N-dealkylation sites (tertiary alicyclic amines) is 1. The van der Waals surface area contributed by atoms with Gasteiger partial charge in [0.05, 0.1) is 71.0 Å². The van der Waals surface area contributed by atoms with Gasteiger partial charge in [-0.1, -0.05) is 53.9 Å². The number of halogens is 3. The molecule has 2 atom stereocenters. The van der Waals surface area contributed by atoms with Crippen LogP contribution >= 0.6 is 23.5 Å². The van der Waals surface area contributed by atoms with Gasteiger partial charge in [-0.05, 0) is 132 Å². The number of hydrogen-bond acceptors (Lipinski definition) is 10. The molecule has 2 unspecified atom stereocenters. The largest absolute Gasteiger partial charge is 0.416 e. The topological polar surface area (TPSA) is 113 Å². The second-order valence-corrected chi connectivity index (χ2v) is 19.9. The van der Waals surface area contributed by atoms with Crippen LogP contribution in [0.4, 0.5) is 35.9 Å². The van der Waals surface area contributed by atoms with Gasteiger partial charge in [-0.2, -0.15) is 13.2 Å². The third-order valence-corrected chi connectivity index (χ3v) is 15.8. The molecule has 4 N–H and O–H groups in total. The van der Waals surface area contributed by atoms with Gasteiger partial charge in [0.2, 0.25) is 11.8 Å². The average molecular weight is 901 g/mol. The number of carbonyl (C=O) groups is 2. The van der Waals surface area contributed by atoms with Crippen LogP contribution in [0, 0.1) is 17.8 Å². The minimum absolute atomic E-state index is 0.0191. The number of nitrogens with zero attached hydrogens (tertiary/aromatic N) is 3. The van der Waals surface area contributed by atoms with Gasteiger partial charge in [0.25, 0.3) is 0 Å². The fraction of sp³-hybridized carbons (Fsp3) is 0.458. The van der Waals surface area contributed by atoms with Crippen LogP contribution < -0.4 is 25.8 Å². The predicted octanol–water partition coefficient (Wildman–Crippen LogP) is 8.14. The second-order valence-electron chi connectivity index (χ2n) is 17.7. The van der Waals surface area contributed by atoms with Gasteiger partial charge in [0, 0.05) is 39.2 Å². The zero-order chi connectivity index (χ0) is 43.8. The van der Waals surface area contributed by atoms with E-state index in [9.17, 15) is 27.9 Å². The Morgan fingerprint density at radius 1 is 0.698 bits per heavy atom. The smallest absolute Gasteiger partial charge is 0.390 e. The van der Waals surface area contributed by atoms with Crippen LogP contribution in [0.2, 0.25) is 0 Å². The lowest BCUT2D eigenvalue weighted by atomic mass is 9.77. The van der Waals surface area contributed by atoms with Gasteiger partial charge in [0.15, 0.2) is 0 Å². The van der Waals surface area contributed by atoms with E-state index < -0.39 is 17.8 Å². The number of hydrogen-bond donors (Lipinski definition) is 4. The van der Waals surface area contributed by atoms with Crippen molar-refractivity contribution in [1.29, 1.82) is 0 Å². The van der Waals surface area contributed by atoms with Crippen molar-refractivity contribution in [1.82, 2.24) is 20.9 Å². The number of aliphatic hydroxyl groups is 1. The number of carbonyl (C=O) groups excluding carboxylic acids is 2. The number of alkyl halides is 3. The minimum Gasteiger partial charge on any atom is -0.390 e. The molecule has 5 fully saturated rings. The summed E-state index contributed by atoms with van der Waals surface area (Å²) in [6, 6.07) is 26.7. The maximum atomic E-state index is 13.0. The number of aliphatic hydroxyl groups excluding tert-OH is 1. The van der Waals surface area contributed by atoms with Crippen LogP contribution in [0.3, 0.4) is 0 Å². The van der Waals surface area contributed by atoms with Crippen molar-refractivity contribution in [3.8, 4) is 0 Å². The molecule has 7 aliphatic rings. The van der Waals surface area contributed by atoms with Crippen molar-refractivity contribution in [2.24, 2.45) is 10.8 Å². The molecule has 5 saturated heterocycles. The summed E-state index contributed by atoms with van der Waals surface area (Å²) in [5.74, 6) is 0.524. The zero-order valence-corrected chi connectivity index (χ0v) is 37.1. The van der Waals surface area contributed by atoms with Gasteiger partial charge in [-0.3, -0.25) is 9.59 Å². The highest BCUT2D eigenvalue weighted by molar-refractivity contribution is 8.00. The van der Waals surface area contributed by atoms with Gasteiger partial charge in [-0.25, -0.2) is 0 Å². The molecule has 7 aliphatic heterocycles. The van der Waals surface area contributed by atoms with E-state index in [1.807, 2.05) is 29.2 Å². The monoisotopic (exact) mass is 900 g/mol. The third-order valence-electron chi connectivity index (χ3n) is 13.5. The Labute approximate surface area is 375 Å². The predicted molar refractivity (Wildman–Crippen MR) is 241 cm³/mol. The van der Waals surface area contributed by atoms with Gasteiger partial charge in [-0.15, -0.1) is 0 Å². The van der Waals surface area contributed by atoms with E-state index in [1.165, 1.54) is 44.6 Å². The first-order valence-corrected chi connectivity index (χ1v) is 23.7. The Balaban J connectivity index is 0.000000133. The maximum absolute atomic E-state index is 13.0. The summed E-state index contributed by atoms with van der Waals surface area (Å²) in [5, 5.41) is 20.2. The molecule has 15 heteroatoms. The van der Waals surface area contributed by atoms with Crippen molar-refractivity contribution in [3.63, 3.8) is 0 Å². The average Bonchev–Trinajstić information content (AvgIpc) is 3.95. The molecule has 4 aromatic carbocycles. The number of benzene rings is 4. The Hall–Kier alpha value is -4.25. The molecule has 11 rings (SSSR count). The van der Waals surface area contributed by atoms with E-state index in [1.54, 1.807) is 17.8 Å². The molecular weight excluding hydrogens is 846 g/mol. The molecule has 10 nitrogen and oxygen atoms in total. The molecule has 2 spiro atoms. The molecule has 0 aliphatic carbocycles. The summed E-state index contributed by atoms with van der Waals surface area (Å²) in [6.45, 7) is 10.0. The summed E-state index contributed by atoms with van der Waals surface area (Å²) in [4.78, 5) is 34.5. The molecule has 334 valence electrons.